The molecule has 0 aliphatic carbocycles. The molecule has 2 N–H and O–H groups in total. The normalized spacial score (nSPS) is 12.4. The summed E-state index contributed by atoms with van der Waals surface area (Å²) in [5.74, 6) is 1.09. The lowest BCUT2D eigenvalue weighted by Gasteiger charge is -2.11. The van der Waals surface area contributed by atoms with E-state index in [2.05, 4.69) is 25.7 Å². The van der Waals surface area contributed by atoms with Crippen LogP contribution in [-0.4, -0.2) is 41.2 Å². The average molecular weight is 404 g/mol. The van der Waals surface area contributed by atoms with E-state index in [9.17, 15) is 5.11 Å². The number of hydrogen-bond acceptors (Lipinski definition) is 6. The first kappa shape index (κ1) is 17.7. The van der Waals surface area contributed by atoms with Crippen molar-refractivity contribution in [1.82, 2.24) is 29.6 Å². The molecular weight excluding hydrogens is 389 g/mol. The second-order valence-corrected chi connectivity index (χ2v) is 6.89. The standard InChI is InChI=1S/C17H15Cl2N7O/c1-25-9-11(7-21-25)14(27)8-20-15-2-3-16-22-23-17(26(16)24-15)10-4-12(18)6-13(19)5-10/h2-7,9,14,27H,8H2,1H3,(H,20,24). The van der Waals surface area contributed by atoms with Gasteiger partial charge in [0, 0.05) is 41.0 Å². The van der Waals surface area contributed by atoms with Gasteiger partial charge in [-0.3, -0.25) is 4.68 Å². The van der Waals surface area contributed by atoms with Crippen molar-refractivity contribution < 1.29 is 5.11 Å². The predicted molar refractivity (Wildman–Crippen MR) is 103 cm³/mol. The van der Waals surface area contributed by atoms with Gasteiger partial charge in [-0.25, -0.2) is 0 Å². The molecule has 10 heteroatoms. The molecule has 1 unspecified atom stereocenters. The van der Waals surface area contributed by atoms with Crippen LogP contribution in [0.2, 0.25) is 10.0 Å². The van der Waals surface area contributed by atoms with Crippen LogP contribution in [0.4, 0.5) is 5.82 Å². The highest BCUT2D eigenvalue weighted by molar-refractivity contribution is 6.35. The zero-order valence-electron chi connectivity index (χ0n) is 14.2. The number of anilines is 1. The molecule has 1 atom stereocenters. The molecule has 27 heavy (non-hydrogen) atoms. The minimum Gasteiger partial charge on any atom is -0.386 e. The molecule has 0 saturated heterocycles. The van der Waals surface area contributed by atoms with E-state index in [-0.39, 0.29) is 6.54 Å². The Balaban J connectivity index is 1.60. The van der Waals surface area contributed by atoms with Crippen LogP contribution in [0.3, 0.4) is 0 Å². The number of nitrogens with one attached hydrogen (secondary N) is 1. The summed E-state index contributed by atoms with van der Waals surface area (Å²) in [4.78, 5) is 0. The van der Waals surface area contributed by atoms with Gasteiger partial charge in [0.05, 0.1) is 12.3 Å². The summed E-state index contributed by atoms with van der Waals surface area (Å²) in [5, 5.41) is 31.2. The molecule has 4 rings (SSSR count). The number of aromatic nitrogens is 6. The fourth-order valence-corrected chi connectivity index (χ4v) is 3.20. The minimum atomic E-state index is -0.705. The maximum absolute atomic E-state index is 10.3. The molecule has 0 radical (unpaired) electrons. The number of hydrogen-bond donors (Lipinski definition) is 2. The zero-order valence-corrected chi connectivity index (χ0v) is 15.7. The quantitative estimate of drug-likeness (QED) is 0.531. The summed E-state index contributed by atoms with van der Waals surface area (Å²) in [5.41, 5.74) is 2.02. The molecule has 0 fully saturated rings. The second-order valence-electron chi connectivity index (χ2n) is 6.01. The second kappa shape index (κ2) is 7.15. The molecule has 4 aromatic rings. The Morgan fingerprint density at radius 3 is 2.63 bits per heavy atom. The van der Waals surface area contributed by atoms with Gasteiger partial charge in [-0.1, -0.05) is 23.2 Å². The van der Waals surface area contributed by atoms with Crippen molar-refractivity contribution in [3.8, 4) is 11.4 Å². The molecule has 0 spiro atoms. The predicted octanol–water partition coefficient (Wildman–Crippen LogP) is 2.98. The Kier molecular flexibility index (Phi) is 4.69. The highest BCUT2D eigenvalue weighted by Crippen LogP contribution is 2.26. The summed E-state index contributed by atoms with van der Waals surface area (Å²) in [6, 6.07) is 8.70. The number of aryl methyl sites for hydroxylation is 1. The first-order valence-electron chi connectivity index (χ1n) is 8.09. The molecule has 0 aliphatic rings. The van der Waals surface area contributed by atoms with Crippen molar-refractivity contribution in [3.63, 3.8) is 0 Å². The van der Waals surface area contributed by atoms with Crippen LogP contribution in [0, 0.1) is 0 Å². The Labute approximate surface area is 164 Å². The summed E-state index contributed by atoms with van der Waals surface area (Å²) < 4.78 is 3.24. The number of halogens is 2. The van der Waals surface area contributed by atoms with Crippen molar-refractivity contribution in [2.24, 2.45) is 7.05 Å². The first-order chi connectivity index (χ1) is 13.0. The largest absolute Gasteiger partial charge is 0.386 e. The fraction of sp³-hybridized carbons (Fsp3) is 0.176. The molecule has 0 aliphatic heterocycles. The molecule has 0 saturated carbocycles. The number of aliphatic hydroxyl groups excluding tert-OH is 1. The van der Waals surface area contributed by atoms with Gasteiger partial charge < -0.3 is 10.4 Å². The third kappa shape index (κ3) is 3.73. The maximum atomic E-state index is 10.3. The van der Waals surface area contributed by atoms with Gasteiger partial charge >= 0.3 is 0 Å². The molecule has 1 aromatic carbocycles. The molecule has 0 amide bonds. The van der Waals surface area contributed by atoms with Crippen molar-refractivity contribution in [2.75, 3.05) is 11.9 Å². The Hall–Kier alpha value is -2.68. The van der Waals surface area contributed by atoms with Crippen LogP contribution in [-0.2, 0) is 7.05 Å². The molecule has 0 bridgehead atoms. The fourth-order valence-electron chi connectivity index (χ4n) is 2.68. The van der Waals surface area contributed by atoms with Gasteiger partial charge in [-0.15, -0.1) is 15.3 Å². The van der Waals surface area contributed by atoms with Crippen LogP contribution in [0.1, 0.15) is 11.7 Å². The van der Waals surface area contributed by atoms with Gasteiger partial charge in [0.25, 0.3) is 0 Å². The number of rotatable bonds is 5. The summed E-state index contributed by atoms with van der Waals surface area (Å²) >= 11 is 12.2. The monoisotopic (exact) mass is 403 g/mol. The zero-order chi connectivity index (χ0) is 19.0. The Bertz CT molecular complexity index is 1090. The third-order valence-corrected chi connectivity index (χ3v) is 4.41. The van der Waals surface area contributed by atoms with Crippen molar-refractivity contribution in [2.45, 2.75) is 6.10 Å². The van der Waals surface area contributed by atoms with Gasteiger partial charge in [0.15, 0.2) is 11.5 Å². The SMILES string of the molecule is Cn1cc(C(O)CNc2ccc3nnc(-c4cc(Cl)cc(Cl)c4)n3n2)cn1. The van der Waals surface area contributed by atoms with Crippen molar-refractivity contribution in [1.29, 1.82) is 0 Å². The van der Waals surface area contributed by atoms with Crippen molar-refractivity contribution >= 4 is 34.7 Å². The lowest BCUT2D eigenvalue weighted by molar-refractivity contribution is 0.191. The van der Waals surface area contributed by atoms with Gasteiger partial charge in [-0.05, 0) is 30.3 Å². The molecule has 138 valence electrons. The van der Waals surface area contributed by atoms with E-state index in [0.717, 1.165) is 5.56 Å². The van der Waals surface area contributed by atoms with Crippen LogP contribution >= 0.6 is 23.2 Å². The highest BCUT2D eigenvalue weighted by atomic mass is 35.5. The van der Waals surface area contributed by atoms with Crippen LogP contribution < -0.4 is 5.32 Å². The van der Waals surface area contributed by atoms with Gasteiger partial charge in [0.2, 0.25) is 0 Å². The van der Waals surface area contributed by atoms with Crippen LogP contribution in [0.5, 0.6) is 0 Å². The smallest absolute Gasteiger partial charge is 0.185 e. The lowest BCUT2D eigenvalue weighted by Crippen LogP contribution is -2.13. The topological polar surface area (TPSA) is 93.2 Å². The highest BCUT2D eigenvalue weighted by Gasteiger charge is 2.13. The Morgan fingerprint density at radius 2 is 1.93 bits per heavy atom. The van der Waals surface area contributed by atoms with Gasteiger partial charge in [-0.2, -0.15) is 9.61 Å². The number of aliphatic hydroxyl groups is 1. The van der Waals surface area contributed by atoms with E-state index in [1.165, 1.54) is 0 Å². The summed E-state index contributed by atoms with van der Waals surface area (Å²) in [6.07, 6.45) is 2.69. The van der Waals surface area contributed by atoms with E-state index >= 15 is 0 Å². The average Bonchev–Trinajstić information content (AvgIpc) is 3.24. The van der Waals surface area contributed by atoms with Crippen molar-refractivity contribution in [3.05, 3.63) is 58.3 Å². The van der Waals surface area contributed by atoms with Crippen LogP contribution in [0.25, 0.3) is 17.0 Å². The Morgan fingerprint density at radius 1 is 1.15 bits per heavy atom. The lowest BCUT2D eigenvalue weighted by atomic mass is 10.2. The molecule has 3 heterocycles. The van der Waals surface area contributed by atoms with E-state index < -0.39 is 6.10 Å². The number of benzene rings is 1. The van der Waals surface area contributed by atoms with E-state index in [0.29, 0.717) is 32.9 Å². The van der Waals surface area contributed by atoms with E-state index in [4.69, 9.17) is 23.2 Å². The minimum absolute atomic E-state index is 0.282. The number of fused-ring (bicyclic) bond motifs is 1. The first-order valence-corrected chi connectivity index (χ1v) is 8.84. The van der Waals surface area contributed by atoms with Gasteiger partial charge in [0.1, 0.15) is 5.82 Å². The third-order valence-electron chi connectivity index (χ3n) is 3.97. The summed E-state index contributed by atoms with van der Waals surface area (Å²) in [7, 11) is 1.80. The number of nitrogens with zero attached hydrogens (tertiary/aromatic N) is 6. The van der Waals surface area contributed by atoms with E-state index in [1.807, 2.05) is 0 Å². The summed E-state index contributed by atoms with van der Waals surface area (Å²) in [6.45, 7) is 0.282. The maximum Gasteiger partial charge on any atom is 0.185 e. The van der Waals surface area contributed by atoms with Crippen LogP contribution in [0.15, 0.2) is 42.7 Å². The molecular formula is C17H15Cl2N7O. The molecule has 8 nitrogen and oxygen atoms in total. The molecule has 3 aromatic heterocycles. The van der Waals surface area contributed by atoms with E-state index in [1.54, 1.807) is 59.0 Å².